The van der Waals surface area contributed by atoms with Crippen LogP contribution in [-0.2, 0) is 9.47 Å². The third-order valence-electron chi connectivity index (χ3n) is 2.94. The van der Waals surface area contributed by atoms with E-state index in [1.165, 1.54) is 0 Å². The first-order valence-corrected chi connectivity index (χ1v) is 6.20. The van der Waals surface area contributed by atoms with Gasteiger partial charge in [0, 0.05) is 18.1 Å². The number of hydrogen-bond acceptors (Lipinski definition) is 3. The van der Waals surface area contributed by atoms with Crippen molar-refractivity contribution >= 4 is 7.85 Å². The molecule has 1 fully saturated rings. The van der Waals surface area contributed by atoms with Crippen LogP contribution in [0.4, 0.5) is 0 Å². The summed E-state index contributed by atoms with van der Waals surface area (Å²) in [6, 6.07) is 0.536. The fraction of sp³-hybridized carbons (Fsp3) is 1.00. The minimum Gasteiger partial charge on any atom is -0.380 e. The van der Waals surface area contributed by atoms with Gasteiger partial charge in [0.25, 0.3) is 0 Å². The second-order valence-electron chi connectivity index (χ2n) is 5.23. The van der Waals surface area contributed by atoms with Crippen molar-refractivity contribution in [1.29, 1.82) is 0 Å². The van der Waals surface area contributed by atoms with E-state index in [1.54, 1.807) is 0 Å². The van der Waals surface area contributed by atoms with Gasteiger partial charge in [0.15, 0.2) is 0 Å². The van der Waals surface area contributed by atoms with E-state index in [0.717, 1.165) is 0 Å². The molecular formula is C12H24BNO2. The van der Waals surface area contributed by atoms with Gasteiger partial charge in [0.2, 0.25) is 0 Å². The average Bonchev–Trinajstić information content (AvgIpc) is 2.42. The van der Waals surface area contributed by atoms with Crippen LogP contribution in [0.15, 0.2) is 0 Å². The summed E-state index contributed by atoms with van der Waals surface area (Å²) in [5.41, 5.74) is 0. The minimum absolute atomic E-state index is 0.0646. The van der Waals surface area contributed by atoms with E-state index < -0.39 is 0 Å². The van der Waals surface area contributed by atoms with Gasteiger partial charge in [-0.25, -0.2) is 0 Å². The van der Waals surface area contributed by atoms with Gasteiger partial charge in [0.05, 0.1) is 18.8 Å². The Morgan fingerprint density at radius 3 is 2.44 bits per heavy atom. The Morgan fingerprint density at radius 2 is 1.94 bits per heavy atom. The van der Waals surface area contributed by atoms with Crippen LogP contribution in [-0.4, -0.2) is 44.7 Å². The van der Waals surface area contributed by atoms with E-state index in [1.807, 2.05) is 13.8 Å². The second-order valence-corrected chi connectivity index (χ2v) is 5.23. The molecule has 1 aliphatic rings. The minimum atomic E-state index is -0.183. The predicted molar refractivity (Wildman–Crippen MR) is 66.7 cm³/mol. The zero-order valence-electron chi connectivity index (χ0n) is 11.1. The maximum atomic E-state index is 5.92. The van der Waals surface area contributed by atoms with Crippen molar-refractivity contribution in [2.75, 3.05) is 6.61 Å². The smallest absolute Gasteiger partial charge is 0.109 e. The molecule has 0 amide bonds. The summed E-state index contributed by atoms with van der Waals surface area (Å²) in [6.07, 6.45) is 0.297. The molecule has 0 aromatic rings. The molecule has 0 bridgehead atoms. The molecule has 0 saturated carbocycles. The highest BCUT2D eigenvalue weighted by molar-refractivity contribution is 6.11. The van der Waals surface area contributed by atoms with Gasteiger partial charge in [-0.3, -0.25) is 0 Å². The molecule has 92 valence electrons. The fourth-order valence-electron chi connectivity index (χ4n) is 2.03. The predicted octanol–water partition coefficient (Wildman–Crippen LogP) is 1.31. The molecule has 1 aliphatic heterocycles. The lowest BCUT2D eigenvalue weighted by Gasteiger charge is -2.25. The summed E-state index contributed by atoms with van der Waals surface area (Å²) in [4.78, 5) is 0. The molecule has 4 atom stereocenters. The van der Waals surface area contributed by atoms with E-state index in [4.69, 9.17) is 17.3 Å². The Kier molecular flexibility index (Phi) is 5.28. The molecule has 1 heterocycles. The largest absolute Gasteiger partial charge is 0.380 e. The summed E-state index contributed by atoms with van der Waals surface area (Å²) < 4.78 is 11.3. The lowest BCUT2D eigenvalue weighted by atomic mass is 9.84. The first-order valence-electron chi connectivity index (χ1n) is 6.20. The van der Waals surface area contributed by atoms with Crippen LogP contribution in [0.25, 0.3) is 0 Å². The lowest BCUT2D eigenvalue weighted by molar-refractivity contribution is -0.0232. The molecule has 4 heteroatoms. The SMILES string of the molecule is [B][C@@H]1O[C@H](COC(C)C)C(NC(C)C)[C@@H]1C. The highest BCUT2D eigenvalue weighted by Crippen LogP contribution is 2.25. The van der Waals surface area contributed by atoms with Gasteiger partial charge in [-0.2, -0.15) is 0 Å². The summed E-state index contributed by atoms with van der Waals surface area (Å²) >= 11 is 0. The zero-order chi connectivity index (χ0) is 12.3. The van der Waals surface area contributed by atoms with Crippen LogP contribution in [0, 0.1) is 5.92 Å². The molecule has 16 heavy (non-hydrogen) atoms. The third kappa shape index (κ3) is 3.76. The Balaban J connectivity index is 2.52. The molecule has 1 saturated heterocycles. The van der Waals surface area contributed by atoms with Gasteiger partial charge in [-0.1, -0.05) is 20.8 Å². The Morgan fingerprint density at radius 1 is 1.31 bits per heavy atom. The van der Waals surface area contributed by atoms with E-state index in [-0.39, 0.29) is 24.3 Å². The first-order chi connectivity index (χ1) is 7.41. The van der Waals surface area contributed by atoms with Crippen LogP contribution in [0.1, 0.15) is 34.6 Å². The number of nitrogens with one attached hydrogen (secondary N) is 1. The molecule has 1 N–H and O–H groups in total. The first kappa shape index (κ1) is 14.0. The van der Waals surface area contributed by atoms with Crippen molar-refractivity contribution in [3.05, 3.63) is 0 Å². The van der Waals surface area contributed by atoms with Crippen molar-refractivity contribution in [2.24, 2.45) is 5.92 Å². The van der Waals surface area contributed by atoms with Crippen LogP contribution in [0.3, 0.4) is 0 Å². The summed E-state index contributed by atoms with van der Waals surface area (Å²) in [5.74, 6) is 0.322. The standard InChI is InChI=1S/C12H24BNO2/c1-7(2)14-11-9(5)12(13)16-10(11)6-15-8(3)4/h7-12,14H,6H2,1-5H3/t9-,10+,11?,12+/m0/s1. The van der Waals surface area contributed by atoms with Gasteiger partial charge in [0.1, 0.15) is 7.85 Å². The number of rotatable bonds is 5. The van der Waals surface area contributed by atoms with Crippen molar-refractivity contribution in [1.82, 2.24) is 5.32 Å². The van der Waals surface area contributed by atoms with E-state index in [0.29, 0.717) is 18.6 Å². The van der Waals surface area contributed by atoms with Crippen molar-refractivity contribution in [3.63, 3.8) is 0 Å². The molecule has 0 aromatic carbocycles. The monoisotopic (exact) mass is 225 g/mol. The summed E-state index contributed by atoms with van der Waals surface area (Å²) in [7, 11) is 5.92. The Hall–Kier alpha value is -0.0551. The van der Waals surface area contributed by atoms with E-state index >= 15 is 0 Å². The third-order valence-corrected chi connectivity index (χ3v) is 2.94. The highest BCUT2D eigenvalue weighted by atomic mass is 16.5. The molecular weight excluding hydrogens is 201 g/mol. The second kappa shape index (κ2) is 6.03. The lowest BCUT2D eigenvalue weighted by Crippen LogP contribution is -2.46. The van der Waals surface area contributed by atoms with Crippen LogP contribution in [0.2, 0.25) is 0 Å². The summed E-state index contributed by atoms with van der Waals surface area (Å²) in [5, 5.41) is 3.51. The van der Waals surface area contributed by atoms with Crippen molar-refractivity contribution < 1.29 is 9.47 Å². The molecule has 0 spiro atoms. The number of hydrogen-bond donors (Lipinski definition) is 1. The maximum Gasteiger partial charge on any atom is 0.109 e. The van der Waals surface area contributed by atoms with Gasteiger partial charge < -0.3 is 14.8 Å². The maximum absolute atomic E-state index is 5.92. The van der Waals surface area contributed by atoms with E-state index in [2.05, 4.69) is 26.1 Å². The molecule has 1 rings (SSSR count). The molecule has 0 aromatic heterocycles. The van der Waals surface area contributed by atoms with Crippen LogP contribution >= 0.6 is 0 Å². The molecule has 0 aliphatic carbocycles. The van der Waals surface area contributed by atoms with Gasteiger partial charge in [-0.05, 0) is 19.8 Å². The fourth-order valence-corrected chi connectivity index (χ4v) is 2.03. The molecule has 1 unspecified atom stereocenters. The van der Waals surface area contributed by atoms with Crippen molar-refractivity contribution in [3.8, 4) is 0 Å². The Bertz CT molecular complexity index is 211. The summed E-state index contributed by atoms with van der Waals surface area (Å²) in [6.45, 7) is 11.1. The topological polar surface area (TPSA) is 30.5 Å². The van der Waals surface area contributed by atoms with Crippen LogP contribution in [0.5, 0.6) is 0 Å². The Labute approximate surface area is 101 Å². The average molecular weight is 225 g/mol. The highest BCUT2D eigenvalue weighted by Gasteiger charge is 2.39. The molecule has 3 nitrogen and oxygen atoms in total. The van der Waals surface area contributed by atoms with Crippen molar-refractivity contribution in [2.45, 2.75) is 64.9 Å². The molecule has 2 radical (unpaired) electrons. The zero-order valence-corrected chi connectivity index (χ0v) is 11.1. The number of ether oxygens (including phenoxy) is 2. The normalized spacial score (nSPS) is 35.2. The quantitative estimate of drug-likeness (QED) is 0.715. The van der Waals surface area contributed by atoms with E-state index in [9.17, 15) is 0 Å². The van der Waals surface area contributed by atoms with Gasteiger partial charge >= 0.3 is 0 Å². The van der Waals surface area contributed by atoms with Crippen LogP contribution < -0.4 is 5.32 Å². The van der Waals surface area contributed by atoms with Gasteiger partial charge in [-0.15, -0.1) is 0 Å².